The number of carbonyl (C=O) groups is 1. The molecule has 1 heterocycles. The van der Waals surface area contributed by atoms with Gasteiger partial charge in [0.25, 0.3) is 5.91 Å². The third kappa shape index (κ3) is 6.14. The minimum atomic E-state index is -4.41. The lowest BCUT2D eigenvalue weighted by atomic mass is 9.97. The first-order valence-corrected chi connectivity index (χ1v) is 13.9. The van der Waals surface area contributed by atoms with Crippen LogP contribution < -0.4 is 5.32 Å². The van der Waals surface area contributed by atoms with Gasteiger partial charge in [0, 0.05) is 30.9 Å². The van der Waals surface area contributed by atoms with E-state index in [0.717, 1.165) is 38.2 Å². The molecule has 0 fully saturated rings. The molecule has 1 N–H and O–H groups in total. The number of alkyl halides is 3. The molecular formula is C36H29F3N2O. The molecule has 1 aliphatic heterocycles. The van der Waals surface area contributed by atoms with Crippen LogP contribution in [0.25, 0.3) is 22.3 Å². The molecular weight excluding hydrogens is 533 g/mol. The SMILES string of the molecule is O=C(Nc1ccc2c(c1)CCN(Cc1ccc(-c3ccccc3)cc1)C2)c1ccccc1-c1ccc(C(F)(F)F)cc1. The van der Waals surface area contributed by atoms with Gasteiger partial charge in [0.15, 0.2) is 0 Å². The molecule has 0 radical (unpaired) electrons. The number of benzene rings is 5. The lowest BCUT2D eigenvalue weighted by molar-refractivity contribution is -0.137. The molecule has 42 heavy (non-hydrogen) atoms. The van der Waals surface area contributed by atoms with Crippen LogP contribution >= 0.6 is 0 Å². The molecule has 0 bridgehead atoms. The molecule has 0 saturated carbocycles. The maximum atomic E-state index is 13.3. The van der Waals surface area contributed by atoms with E-state index in [4.69, 9.17) is 0 Å². The van der Waals surface area contributed by atoms with Crippen molar-refractivity contribution in [2.24, 2.45) is 0 Å². The van der Waals surface area contributed by atoms with E-state index in [9.17, 15) is 18.0 Å². The van der Waals surface area contributed by atoms with E-state index in [2.05, 4.69) is 52.7 Å². The number of anilines is 1. The molecule has 6 heteroatoms. The standard InChI is InChI=1S/C36H29F3N2O/c37-36(38,39)31-17-14-28(15-18-31)33-8-4-5-9-34(33)35(42)40-32-19-16-30-24-41(21-20-29(30)22-32)23-25-10-12-27(13-11-25)26-6-2-1-3-7-26/h1-19,22H,20-21,23-24H2,(H,40,42). The lowest BCUT2D eigenvalue weighted by Crippen LogP contribution is -2.30. The van der Waals surface area contributed by atoms with Crippen LogP contribution in [0, 0.1) is 0 Å². The van der Waals surface area contributed by atoms with Crippen molar-refractivity contribution in [1.29, 1.82) is 0 Å². The Balaban J connectivity index is 1.11. The predicted octanol–water partition coefficient (Wildman–Crippen LogP) is 8.85. The van der Waals surface area contributed by atoms with Crippen molar-refractivity contribution >= 4 is 11.6 Å². The second kappa shape index (κ2) is 11.7. The van der Waals surface area contributed by atoms with Gasteiger partial charge in [-0.05, 0) is 75.7 Å². The summed E-state index contributed by atoms with van der Waals surface area (Å²) in [6, 6.07) is 36.9. The van der Waals surface area contributed by atoms with Crippen LogP contribution in [-0.4, -0.2) is 17.4 Å². The summed E-state index contributed by atoms with van der Waals surface area (Å²) in [7, 11) is 0. The number of fused-ring (bicyclic) bond motifs is 1. The summed E-state index contributed by atoms with van der Waals surface area (Å²) in [6.45, 7) is 2.62. The second-order valence-electron chi connectivity index (χ2n) is 10.6. The van der Waals surface area contributed by atoms with Gasteiger partial charge in [0.2, 0.25) is 0 Å². The van der Waals surface area contributed by atoms with Crippen LogP contribution in [0.2, 0.25) is 0 Å². The number of hydrogen-bond acceptors (Lipinski definition) is 2. The highest BCUT2D eigenvalue weighted by molar-refractivity contribution is 6.08. The van der Waals surface area contributed by atoms with Crippen LogP contribution in [0.3, 0.4) is 0 Å². The van der Waals surface area contributed by atoms with E-state index < -0.39 is 11.7 Å². The van der Waals surface area contributed by atoms with E-state index in [-0.39, 0.29) is 5.91 Å². The first kappa shape index (κ1) is 27.5. The highest BCUT2D eigenvalue weighted by Crippen LogP contribution is 2.32. The van der Waals surface area contributed by atoms with Gasteiger partial charge in [0.1, 0.15) is 0 Å². The molecule has 0 saturated heterocycles. The van der Waals surface area contributed by atoms with E-state index >= 15 is 0 Å². The number of nitrogens with one attached hydrogen (secondary N) is 1. The molecule has 0 aromatic heterocycles. The maximum Gasteiger partial charge on any atom is 0.416 e. The molecule has 5 aromatic rings. The minimum Gasteiger partial charge on any atom is -0.322 e. The normalized spacial score (nSPS) is 13.4. The van der Waals surface area contributed by atoms with E-state index in [1.807, 2.05) is 30.3 Å². The van der Waals surface area contributed by atoms with E-state index in [0.29, 0.717) is 22.4 Å². The summed E-state index contributed by atoms with van der Waals surface area (Å²) in [5.41, 5.74) is 7.65. The van der Waals surface area contributed by atoms with Gasteiger partial charge < -0.3 is 5.32 Å². The summed E-state index contributed by atoms with van der Waals surface area (Å²) in [4.78, 5) is 15.7. The van der Waals surface area contributed by atoms with E-state index in [1.54, 1.807) is 24.3 Å². The summed E-state index contributed by atoms with van der Waals surface area (Å²) in [6.07, 6.45) is -3.53. The first-order chi connectivity index (χ1) is 20.3. The molecule has 0 spiro atoms. The smallest absolute Gasteiger partial charge is 0.322 e. The van der Waals surface area contributed by atoms with E-state index in [1.165, 1.54) is 39.9 Å². The van der Waals surface area contributed by atoms with Crippen molar-refractivity contribution in [3.8, 4) is 22.3 Å². The van der Waals surface area contributed by atoms with Crippen LogP contribution in [0.5, 0.6) is 0 Å². The van der Waals surface area contributed by atoms with Crippen LogP contribution in [-0.2, 0) is 25.7 Å². The highest BCUT2D eigenvalue weighted by Gasteiger charge is 2.30. The fourth-order valence-corrected chi connectivity index (χ4v) is 5.49. The van der Waals surface area contributed by atoms with Crippen LogP contribution in [0.4, 0.5) is 18.9 Å². The lowest BCUT2D eigenvalue weighted by Gasteiger charge is -2.29. The zero-order valence-electron chi connectivity index (χ0n) is 22.9. The fourth-order valence-electron chi connectivity index (χ4n) is 5.49. The molecule has 6 rings (SSSR count). The third-order valence-corrected chi connectivity index (χ3v) is 7.72. The number of carbonyl (C=O) groups excluding carboxylic acids is 1. The average molecular weight is 563 g/mol. The predicted molar refractivity (Wildman–Crippen MR) is 161 cm³/mol. The monoisotopic (exact) mass is 562 g/mol. The average Bonchev–Trinajstić information content (AvgIpc) is 3.01. The topological polar surface area (TPSA) is 32.3 Å². The zero-order valence-corrected chi connectivity index (χ0v) is 22.9. The summed E-state index contributed by atoms with van der Waals surface area (Å²) >= 11 is 0. The van der Waals surface area contributed by atoms with Crippen molar-refractivity contribution in [3.05, 3.63) is 149 Å². The molecule has 0 unspecified atom stereocenters. The molecule has 1 amide bonds. The Kier molecular flexibility index (Phi) is 7.64. The third-order valence-electron chi connectivity index (χ3n) is 7.72. The Morgan fingerprint density at radius 3 is 2.12 bits per heavy atom. The Labute approximate surface area is 243 Å². The van der Waals surface area contributed by atoms with Crippen molar-refractivity contribution in [1.82, 2.24) is 4.90 Å². The largest absolute Gasteiger partial charge is 0.416 e. The molecule has 0 aliphatic carbocycles. The van der Waals surface area contributed by atoms with Gasteiger partial charge in [0.05, 0.1) is 5.56 Å². The van der Waals surface area contributed by atoms with Crippen LogP contribution in [0.1, 0.15) is 32.6 Å². The van der Waals surface area contributed by atoms with Gasteiger partial charge in [-0.1, -0.05) is 91.0 Å². The Bertz CT molecular complexity index is 1700. The van der Waals surface area contributed by atoms with Gasteiger partial charge in [-0.3, -0.25) is 9.69 Å². The van der Waals surface area contributed by atoms with Gasteiger partial charge in [-0.15, -0.1) is 0 Å². The molecule has 1 aliphatic rings. The van der Waals surface area contributed by atoms with Crippen molar-refractivity contribution in [3.63, 3.8) is 0 Å². The number of hydrogen-bond donors (Lipinski definition) is 1. The number of nitrogens with zero attached hydrogens (tertiary/aromatic N) is 1. The Hall–Kier alpha value is -4.68. The molecule has 0 atom stereocenters. The number of amides is 1. The number of halogens is 3. The Morgan fingerprint density at radius 2 is 1.38 bits per heavy atom. The van der Waals surface area contributed by atoms with Crippen molar-refractivity contribution in [2.75, 3.05) is 11.9 Å². The van der Waals surface area contributed by atoms with Crippen molar-refractivity contribution < 1.29 is 18.0 Å². The maximum absolute atomic E-state index is 13.3. The summed E-state index contributed by atoms with van der Waals surface area (Å²) in [5, 5.41) is 2.99. The summed E-state index contributed by atoms with van der Waals surface area (Å²) in [5.74, 6) is -0.304. The Morgan fingerprint density at radius 1 is 0.714 bits per heavy atom. The zero-order chi connectivity index (χ0) is 29.1. The van der Waals surface area contributed by atoms with Gasteiger partial charge in [-0.25, -0.2) is 0 Å². The van der Waals surface area contributed by atoms with Gasteiger partial charge >= 0.3 is 6.18 Å². The second-order valence-corrected chi connectivity index (χ2v) is 10.6. The van der Waals surface area contributed by atoms with Crippen molar-refractivity contribution in [2.45, 2.75) is 25.7 Å². The minimum absolute atomic E-state index is 0.304. The summed E-state index contributed by atoms with van der Waals surface area (Å²) < 4.78 is 39.0. The highest BCUT2D eigenvalue weighted by atomic mass is 19.4. The molecule has 5 aromatic carbocycles. The first-order valence-electron chi connectivity index (χ1n) is 13.9. The fraction of sp³-hybridized carbons (Fsp3) is 0.139. The quantitative estimate of drug-likeness (QED) is 0.224. The number of rotatable bonds is 6. The molecule has 3 nitrogen and oxygen atoms in total. The van der Waals surface area contributed by atoms with Crippen LogP contribution in [0.15, 0.2) is 121 Å². The van der Waals surface area contributed by atoms with Gasteiger partial charge in [-0.2, -0.15) is 13.2 Å². The molecule has 210 valence electrons.